The van der Waals surface area contributed by atoms with E-state index in [-0.39, 0.29) is 10.8 Å². The minimum absolute atomic E-state index is 0.167. The van der Waals surface area contributed by atoms with E-state index < -0.39 is 17.7 Å². The maximum atomic E-state index is 11.7. The normalized spacial score (nSPS) is 11.9. The predicted molar refractivity (Wildman–Crippen MR) is 54.8 cm³/mol. The number of nitrogens with zero attached hydrogens (tertiary/aromatic N) is 1. The van der Waals surface area contributed by atoms with Crippen LogP contribution in [0.4, 0.5) is 0 Å². The Labute approximate surface area is 92.2 Å². The van der Waals surface area contributed by atoms with E-state index in [4.69, 9.17) is 11.6 Å². The van der Waals surface area contributed by atoms with Gasteiger partial charge in [-0.2, -0.15) is 0 Å². The Balaban J connectivity index is 2.90. The van der Waals surface area contributed by atoms with Crippen molar-refractivity contribution < 1.29 is 14.3 Å². The first-order valence-corrected chi connectivity index (χ1v) is 4.68. The molecule has 0 saturated heterocycles. The molecule has 1 atom stereocenters. The zero-order valence-corrected chi connectivity index (χ0v) is 9.12. The van der Waals surface area contributed by atoms with E-state index >= 15 is 0 Å². The molecule has 5 heteroatoms. The average Bonchev–Trinajstić information content (AvgIpc) is 2.26. The van der Waals surface area contributed by atoms with Crippen molar-refractivity contribution in [1.29, 1.82) is 0 Å². The molecule has 80 valence electrons. The van der Waals surface area contributed by atoms with Crippen LogP contribution in [0, 0.1) is 5.92 Å². The van der Waals surface area contributed by atoms with E-state index in [9.17, 15) is 9.59 Å². The molecule has 1 unspecified atom stereocenters. The second kappa shape index (κ2) is 4.89. The quantitative estimate of drug-likeness (QED) is 0.342. The first-order valence-electron chi connectivity index (χ1n) is 4.31. The summed E-state index contributed by atoms with van der Waals surface area (Å²) in [5.41, 5.74) is 0.167. The lowest BCUT2D eigenvalue weighted by molar-refractivity contribution is -0.143. The zero-order chi connectivity index (χ0) is 11.4. The summed E-state index contributed by atoms with van der Waals surface area (Å²) in [7, 11) is 1.23. The van der Waals surface area contributed by atoms with Crippen molar-refractivity contribution in [1.82, 2.24) is 4.98 Å². The third kappa shape index (κ3) is 2.76. The van der Waals surface area contributed by atoms with Crippen LogP contribution >= 0.6 is 11.6 Å². The van der Waals surface area contributed by atoms with Crippen LogP contribution in [-0.2, 0) is 9.53 Å². The lowest BCUT2D eigenvalue weighted by Crippen LogP contribution is -2.23. The molecule has 1 heterocycles. The highest BCUT2D eigenvalue weighted by Crippen LogP contribution is 2.11. The molecule has 0 fully saturated rings. The number of hydrogen-bond donors (Lipinski definition) is 0. The summed E-state index contributed by atoms with van der Waals surface area (Å²) in [5.74, 6) is -1.84. The molecule has 0 aliphatic heterocycles. The van der Waals surface area contributed by atoms with E-state index in [1.807, 2.05) is 0 Å². The van der Waals surface area contributed by atoms with Gasteiger partial charge in [-0.3, -0.25) is 9.59 Å². The Morgan fingerprint density at radius 1 is 1.47 bits per heavy atom. The van der Waals surface area contributed by atoms with Gasteiger partial charge in [0.05, 0.1) is 7.11 Å². The fourth-order valence-corrected chi connectivity index (χ4v) is 1.21. The molecule has 0 aromatic carbocycles. The topological polar surface area (TPSA) is 56.3 Å². The molecule has 0 bridgehead atoms. The fraction of sp³-hybridized carbons (Fsp3) is 0.300. The lowest BCUT2D eigenvalue weighted by atomic mass is 10.0. The first kappa shape index (κ1) is 11.7. The van der Waals surface area contributed by atoms with E-state index in [2.05, 4.69) is 9.72 Å². The molecule has 0 N–H and O–H groups in total. The minimum atomic E-state index is -0.860. The Hall–Kier alpha value is -1.42. The van der Waals surface area contributed by atoms with Crippen molar-refractivity contribution in [3.63, 3.8) is 0 Å². The van der Waals surface area contributed by atoms with Gasteiger partial charge >= 0.3 is 5.97 Å². The van der Waals surface area contributed by atoms with Crippen LogP contribution in [0.1, 0.15) is 17.4 Å². The maximum Gasteiger partial charge on any atom is 0.316 e. The van der Waals surface area contributed by atoms with E-state index in [1.54, 1.807) is 12.1 Å². The number of carbonyl (C=O) groups excluding carboxylic acids is 2. The minimum Gasteiger partial charge on any atom is -0.468 e. The Bertz CT molecular complexity index is 392. The fourth-order valence-electron chi connectivity index (χ4n) is 1.05. The van der Waals surface area contributed by atoms with Gasteiger partial charge in [-0.05, 0) is 19.1 Å². The van der Waals surface area contributed by atoms with Gasteiger partial charge < -0.3 is 4.74 Å². The monoisotopic (exact) mass is 227 g/mol. The Morgan fingerprint density at radius 3 is 2.67 bits per heavy atom. The maximum absolute atomic E-state index is 11.7. The zero-order valence-electron chi connectivity index (χ0n) is 8.36. The van der Waals surface area contributed by atoms with Crippen LogP contribution in [0.15, 0.2) is 18.2 Å². The summed E-state index contributed by atoms with van der Waals surface area (Å²) in [6.07, 6.45) is 0. The molecule has 4 nitrogen and oxygen atoms in total. The first-order chi connectivity index (χ1) is 7.06. The van der Waals surface area contributed by atoms with Crippen molar-refractivity contribution in [2.45, 2.75) is 6.92 Å². The van der Waals surface area contributed by atoms with Crippen LogP contribution in [0.3, 0.4) is 0 Å². The van der Waals surface area contributed by atoms with E-state index in [0.717, 1.165) is 0 Å². The Morgan fingerprint density at radius 2 is 2.13 bits per heavy atom. The number of methoxy groups -OCH3 is 1. The number of ketones is 1. The molecule has 0 aliphatic carbocycles. The van der Waals surface area contributed by atoms with Crippen LogP contribution in [0.25, 0.3) is 0 Å². The largest absolute Gasteiger partial charge is 0.468 e. The summed E-state index contributed by atoms with van der Waals surface area (Å²) in [4.78, 5) is 26.6. The number of carbonyl (C=O) groups is 2. The van der Waals surface area contributed by atoms with E-state index in [0.29, 0.717) is 0 Å². The molecule has 0 radical (unpaired) electrons. The smallest absolute Gasteiger partial charge is 0.316 e. The van der Waals surface area contributed by atoms with Crippen molar-refractivity contribution in [3.8, 4) is 0 Å². The van der Waals surface area contributed by atoms with Crippen molar-refractivity contribution >= 4 is 23.4 Å². The summed E-state index contributed by atoms with van der Waals surface area (Å²) >= 11 is 5.63. The molecule has 1 aromatic rings. The Kier molecular flexibility index (Phi) is 3.80. The van der Waals surface area contributed by atoms with Gasteiger partial charge in [-0.15, -0.1) is 0 Å². The highest BCUT2D eigenvalue weighted by atomic mass is 35.5. The van der Waals surface area contributed by atoms with Crippen molar-refractivity contribution in [2.75, 3.05) is 7.11 Å². The highest BCUT2D eigenvalue weighted by molar-refractivity contribution is 6.29. The molecular formula is C10H10ClNO3. The number of pyridine rings is 1. The SMILES string of the molecule is COC(=O)C(C)C(=O)c1cccc(Cl)n1. The van der Waals surface area contributed by atoms with E-state index in [1.165, 1.54) is 20.1 Å². The van der Waals surface area contributed by atoms with Crippen LogP contribution in [0.2, 0.25) is 5.15 Å². The number of ether oxygens (including phenoxy) is 1. The molecule has 0 spiro atoms. The third-order valence-corrected chi connectivity index (χ3v) is 2.13. The lowest BCUT2D eigenvalue weighted by Gasteiger charge is -2.07. The van der Waals surface area contributed by atoms with Gasteiger partial charge in [-0.1, -0.05) is 17.7 Å². The number of hydrogen-bond acceptors (Lipinski definition) is 4. The van der Waals surface area contributed by atoms with Crippen LogP contribution < -0.4 is 0 Å². The van der Waals surface area contributed by atoms with Crippen molar-refractivity contribution in [3.05, 3.63) is 29.0 Å². The molecule has 0 aliphatic rings. The van der Waals surface area contributed by atoms with Crippen molar-refractivity contribution in [2.24, 2.45) is 5.92 Å². The number of esters is 1. The molecular weight excluding hydrogens is 218 g/mol. The average molecular weight is 228 g/mol. The highest BCUT2D eigenvalue weighted by Gasteiger charge is 2.24. The predicted octanol–water partition coefficient (Wildman–Crippen LogP) is 1.73. The number of aromatic nitrogens is 1. The molecule has 1 aromatic heterocycles. The number of Topliss-reactive ketones (excluding diaryl/α,β-unsaturated/α-hetero) is 1. The molecule has 0 amide bonds. The summed E-state index contributed by atoms with van der Waals surface area (Å²) < 4.78 is 4.46. The van der Waals surface area contributed by atoms with Gasteiger partial charge in [0.2, 0.25) is 0 Å². The second-order valence-electron chi connectivity index (χ2n) is 2.95. The number of rotatable bonds is 3. The summed E-state index contributed by atoms with van der Waals surface area (Å²) in [5, 5.41) is 0.220. The van der Waals surface area contributed by atoms with Gasteiger partial charge in [0.15, 0.2) is 5.78 Å². The third-order valence-electron chi connectivity index (χ3n) is 1.92. The second-order valence-corrected chi connectivity index (χ2v) is 3.34. The van der Waals surface area contributed by atoms with Gasteiger partial charge in [0.1, 0.15) is 16.8 Å². The molecule has 1 rings (SSSR count). The van der Waals surface area contributed by atoms with Crippen LogP contribution in [0.5, 0.6) is 0 Å². The van der Waals surface area contributed by atoms with Gasteiger partial charge in [-0.25, -0.2) is 4.98 Å². The summed E-state index contributed by atoms with van der Waals surface area (Å²) in [6, 6.07) is 4.67. The van der Waals surface area contributed by atoms with Gasteiger partial charge in [0, 0.05) is 0 Å². The van der Waals surface area contributed by atoms with Crippen LogP contribution in [-0.4, -0.2) is 23.8 Å². The molecule has 0 saturated carbocycles. The molecule has 15 heavy (non-hydrogen) atoms. The summed E-state index contributed by atoms with van der Waals surface area (Å²) in [6.45, 7) is 1.47. The van der Waals surface area contributed by atoms with Gasteiger partial charge in [0.25, 0.3) is 0 Å². The number of halogens is 1. The standard InChI is InChI=1S/C10H10ClNO3/c1-6(10(14)15-2)9(13)7-4-3-5-8(11)12-7/h3-6H,1-2H3.